The Morgan fingerprint density at radius 1 is 0.280 bits per heavy atom. The Morgan fingerprint density at radius 3 is 0.827 bits per heavy atom. The van der Waals surface area contributed by atoms with Crippen LogP contribution in [-0.2, 0) is 28.6 Å². The number of hydrogen-bond acceptors (Lipinski definition) is 6. The summed E-state index contributed by atoms with van der Waals surface area (Å²) >= 11 is 0. The monoisotopic (exact) mass is 1050 g/mol. The van der Waals surface area contributed by atoms with Crippen molar-refractivity contribution in [2.75, 3.05) is 13.2 Å². The summed E-state index contributed by atoms with van der Waals surface area (Å²) in [5, 5.41) is 0. The van der Waals surface area contributed by atoms with Crippen molar-refractivity contribution in [3.63, 3.8) is 0 Å². The Bertz CT molecular complexity index is 1300. The van der Waals surface area contributed by atoms with Gasteiger partial charge in [0.15, 0.2) is 6.10 Å². The molecule has 0 aliphatic carbocycles. The van der Waals surface area contributed by atoms with Gasteiger partial charge in [-0.2, -0.15) is 0 Å². The van der Waals surface area contributed by atoms with Gasteiger partial charge in [-0.1, -0.05) is 307 Å². The summed E-state index contributed by atoms with van der Waals surface area (Å²) in [7, 11) is 0. The number of carbonyl (C=O) groups is 3. The molecule has 0 aromatic carbocycles. The third-order valence-corrected chi connectivity index (χ3v) is 14.8. The van der Waals surface area contributed by atoms with Crippen molar-refractivity contribution < 1.29 is 28.6 Å². The first-order valence-electron chi connectivity index (χ1n) is 33.1. The molecular weight excluding hydrogens is 925 g/mol. The third kappa shape index (κ3) is 62.1. The maximum Gasteiger partial charge on any atom is 0.306 e. The highest BCUT2D eigenvalue weighted by Gasteiger charge is 2.19. The maximum absolute atomic E-state index is 12.8. The molecule has 0 aliphatic rings. The molecule has 0 amide bonds. The molecule has 0 radical (unpaired) electrons. The third-order valence-electron chi connectivity index (χ3n) is 14.8. The van der Waals surface area contributed by atoms with Gasteiger partial charge >= 0.3 is 17.9 Å². The predicted molar refractivity (Wildman–Crippen MR) is 325 cm³/mol. The summed E-state index contributed by atoms with van der Waals surface area (Å²) in [5.41, 5.74) is 0. The van der Waals surface area contributed by atoms with Gasteiger partial charge in [-0.3, -0.25) is 14.4 Å². The lowest BCUT2D eigenvalue weighted by atomic mass is 10.0. The number of hydrogen-bond donors (Lipinski definition) is 0. The molecule has 0 saturated carbocycles. The molecule has 75 heavy (non-hydrogen) atoms. The van der Waals surface area contributed by atoms with E-state index < -0.39 is 6.10 Å². The van der Waals surface area contributed by atoms with Crippen molar-refractivity contribution in [1.82, 2.24) is 0 Å². The molecule has 0 bridgehead atoms. The van der Waals surface area contributed by atoms with Gasteiger partial charge in [0.05, 0.1) is 0 Å². The van der Waals surface area contributed by atoms with Crippen molar-refractivity contribution in [3.8, 4) is 0 Å². The van der Waals surface area contributed by atoms with Crippen LogP contribution in [0.1, 0.15) is 355 Å². The van der Waals surface area contributed by atoms with E-state index in [2.05, 4.69) is 69.4 Å². The molecular formula is C69H126O6. The zero-order valence-corrected chi connectivity index (χ0v) is 50.3. The van der Waals surface area contributed by atoms with Crippen LogP contribution in [0.25, 0.3) is 0 Å². The molecule has 0 fully saturated rings. The highest BCUT2D eigenvalue weighted by molar-refractivity contribution is 5.71. The molecule has 0 aliphatic heterocycles. The molecule has 0 rings (SSSR count). The molecule has 1 atom stereocenters. The van der Waals surface area contributed by atoms with Gasteiger partial charge in [0, 0.05) is 19.3 Å². The van der Waals surface area contributed by atoms with Crippen LogP contribution in [0, 0.1) is 0 Å². The van der Waals surface area contributed by atoms with E-state index in [4.69, 9.17) is 14.2 Å². The van der Waals surface area contributed by atoms with E-state index in [-0.39, 0.29) is 31.1 Å². The summed E-state index contributed by atoms with van der Waals surface area (Å²) in [6, 6.07) is 0. The van der Waals surface area contributed by atoms with Crippen LogP contribution in [0.4, 0.5) is 0 Å². The molecule has 6 heteroatoms. The summed E-state index contributed by atoms with van der Waals surface area (Å²) in [5.74, 6) is -0.882. The van der Waals surface area contributed by atoms with Gasteiger partial charge in [0.25, 0.3) is 0 Å². The van der Waals surface area contributed by atoms with Gasteiger partial charge in [0.2, 0.25) is 0 Å². The van der Waals surface area contributed by atoms with Gasteiger partial charge in [0.1, 0.15) is 13.2 Å². The number of esters is 3. The van der Waals surface area contributed by atoms with E-state index in [0.717, 1.165) is 89.9 Å². The summed E-state index contributed by atoms with van der Waals surface area (Å²) in [4.78, 5) is 37.9. The van der Waals surface area contributed by atoms with Crippen LogP contribution in [0.5, 0.6) is 0 Å². The van der Waals surface area contributed by atoms with Crippen LogP contribution in [0.2, 0.25) is 0 Å². The van der Waals surface area contributed by atoms with Gasteiger partial charge in [-0.25, -0.2) is 0 Å². The van der Waals surface area contributed by atoms with Crippen LogP contribution in [0.3, 0.4) is 0 Å². The topological polar surface area (TPSA) is 78.9 Å². The van der Waals surface area contributed by atoms with Crippen LogP contribution < -0.4 is 0 Å². The second kappa shape index (κ2) is 63.9. The van der Waals surface area contributed by atoms with Crippen molar-refractivity contribution in [2.24, 2.45) is 0 Å². The number of ether oxygens (including phenoxy) is 3. The lowest BCUT2D eigenvalue weighted by Crippen LogP contribution is -2.30. The lowest BCUT2D eigenvalue weighted by Gasteiger charge is -2.18. The number of carbonyl (C=O) groups excluding carboxylic acids is 3. The zero-order chi connectivity index (χ0) is 54.3. The van der Waals surface area contributed by atoms with E-state index in [1.807, 2.05) is 0 Å². The van der Waals surface area contributed by atoms with E-state index in [9.17, 15) is 14.4 Å². The smallest absolute Gasteiger partial charge is 0.306 e. The first-order chi connectivity index (χ1) is 37.0. The first-order valence-corrected chi connectivity index (χ1v) is 33.1. The molecule has 0 aromatic rings. The van der Waals surface area contributed by atoms with E-state index in [0.29, 0.717) is 19.3 Å². The second-order valence-corrected chi connectivity index (χ2v) is 22.4. The molecule has 0 aromatic heterocycles. The largest absolute Gasteiger partial charge is 0.462 e. The molecule has 1 unspecified atom stereocenters. The minimum atomic E-state index is -0.773. The number of unbranched alkanes of at least 4 members (excludes halogenated alkanes) is 42. The fourth-order valence-corrected chi connectivity index (χ4v) is 9.87. The van der Waals surface area contributed by atoms with Crippen LogP contribution in [-0.4, -0.2) is 37.2 Å². The van der Waals surface area contributed by atoms with Crippen molar-refractivity contribution in [2.45, 2.75) is 361 Å². The fraction of sp³-hybridized carbons (Fsp3) is 0.841. The van der Waals surface area contributed by atoms with Crippen LogP contribution in [0.15, 0.2) is 48.6 Å². The molecule has 6 nitrogen and oxygen atoms in total. The molecule has 0 N–H and O–H groups in total. The quantitative estimate of drug-likeness (QED) is 0.0261. The fourth-order valence-electron chi connectivity index (χ4n) is 9.87. The Labute approximate surface area is 467 Å². The average molecular weight is 1050 g/mol. The lowest BCUT2D eigenvalue weighted by molar-refractivity contribution is -0.167. The minimum Gasteiger partial charge on any atom is -0.462 e. The summed E-state index contributed by atoms with van der Waals surface area (Å²) in [6.45, 7) is 6.48. The first kappa shape index (κ1) is 72.4. The number of allylic oxidation sites excluding steroid dienone is 8. The van der Waals surface area contributed by atoms with E-state index >= 15 is 0 Å². The predicted octanol–water partition coefficient (Wildman–Crippen LogP) is 22.6. The SMILES string of the molecule is CC/C=C\C/C=C\C/C=C\CCCCCCCCCC(=O)OC(COC(=O)CCCCCCC)COC(=O)CCCCCCCCCCCCCCCCCCCCCCCCC/C=C\CCCCCCCCCC. The Balaban J connectivity index is 3.86. The van der Waals surface area contributed by atoms with Crippen molar-refractivity contribution >= 4 is 17.9 Å². The van der Waals surface area contributed by atoms with Gasteiger partial charge < -0.3 is 14.2 Å². The highest BCUT2D eigenvalue weighted by Crippen LogP contribution is 2.18. The van der Waals surface area contributed by atoms with E-state index in [1.165, 1.54) is 225 Å². The standard InChI is InChI=1S/C69H126O6/c1-4-7-10-13-15-17-19-21-23-25-26-27-28-29-30-31-32-33-34-35-36-37-38-39-40-41-42-44-45-47-49-51-53-56-59-62-68(71)74-65-66(64-73-67(70)61-58-55-12-9-6-3)75-69(72)63-60-57-54-52-50-48-46-43-24-22-20-18-16-14-11-8-5-2/h8,11,16,18,22,24-26,66H,4-7,9-10,12-15,17,19-21,23,27-65H2,1-3H3/b11-8-,18-16-,24-22-,26-25-. The molecule has 0 spiro atoms. The molecule has 438 valence electrons. The summed E-state index contributed by atoms with van der Waals surface area (Å²) < 4.78 is 16.8. The normalized spacial score (nSPS) is 12.3. The van der Waals surface area contributed by atoms with E-state index in [1.54, 1.807) is 0 Å². The Kier molecular flexibility index (Phi) is 61.7. The maximum atomic E-state index is 12.8. The number of rotatable bonds is 61. The Hall–Kier alpha value is -2.63. The van der Waals surface area contributed by atoms with Crippen molar-refractivity contribution in [3.05, 3.63) is 48.6 Å². The van der Waals surface area contributed by atoms with Gasteiger partial charge in [-0.05, 0) is 77.0 Å². The van der Waals surface area contributed by atoms with Gasteiger partial charge in [-0.15, -0.1) is 0 Å². The second-order valence-electron chi connectivity index (χ2n) is 22.4. The zero-order valence-electron chi connectivity index (χ0n) is 50.3. The Morgan fingerprint density at radius 2 is 0.520 bits per heavy atom. The molecule has 0 saturated heterocycles. The summed E-state index contributed by atoms with van der Waals surface area (Å²) in [6.07, 6.45) is 80.6. The molecule has 0 heterocycles. The minimum absolute atomic E-state index is 0.0740. The van der Waals surface area contributed by atoms with Crippen LogP contribution >= 0.6 is 0 Å². The van der Waals surface area contributed by atoms with Crippen molar-refractivity contribution in [1.29, 1.82) is 0 Å². The average Bonchev–Trinajstić information content (AvgIpc) is 3.41. The highest BCUT2D eigenvalue weighted by atomic mass is 16.6.